The number of aromatic nitrogens is 2. The van der Waals surface area contributed by atoms with E-state index >= 15 is 0 Å². The summed E-state index contributed by atoms with van der Waals surface area (Å²) in [5.74, 6) is 0.852. The quantitative estimate of drug-likeness (QED) is 0.797. The summed E-state index contributed by atoms with van der Waals surface area (Å²) in [5.41, 5.74) is 0. The van der Waals surface area contributed by atoms with Gasteiger partial charge in [0.25, 0.3) is 0 Å². The number of thiophene rings is 1. The summed E-state index contributed by atoms with van der Waals surface area (Å²) in [4.78, 5) is 1.36. The van der Waals surface area contributed by atoms with Gasteiger partial charge in [0.15, 0.2) is 5.75 Å². The summed E-state index contributed by atoms with van der Waals surface area (Å²) in [6.45, 7) is 4.91. The lowest BCUT2D eigenvalue weighted by Gasteiger charge is -2.03. The van der Waals surface area contributed by atoms with Crippen LogP contribution in [0.2, 0.25) is 0 Å². The van der Waals surface area contributed by atoms with Crippen molar-refractivity contribution in [2.75, 3.05) is 6.61 Å². The molecule has 0 aliphatic carbocycles. The molecule has 0 amide bonds. The fourth-order valence-electron chi connectivity index (χ4n) is 1.40. The minimum absolute atomic E-state index is 0.384. The van der Waals surface area contributed by atoms with Crippen LogP contribution in [0, 0.1) is 0 Å². The van der Waals surface area contributed by atoms with E-state index in [2.05, 4.69) is 36.5 Å². The number of hydrogen-bond acceptors (Lipinski definition) is 3. The Morgan fingerprint density at radius 3 is 3.00 bits per heavy atom. The van der Waals surface area contributed by atoms with Crippen molar-refractivity contribution in [1.82, 2.24) is 9.78 Å². The molecule has 86 valence electrons. The van der Waals surface area contributed by atoms with Crippen LogP contribution < -0.4 is 4.74 Å². The first-order valence-electron chi connectivity index (χ1n) is 5.45. The molecule has 0 spiro atoms. The zero-order chi connectivity index (χ0) is 11.4. The lowest BCUT2D eigenvalue weighted by Crippen LogP contribution is -2.01. The van der Waals surface area contributed by atoms with Gasteiger partial charge in [-0.3, -0.25) is 4.68 Å². The maximum absolute atomic E-state index is 5.63. The fraction of sp³-hybridized carbons (Fsp3) is 0.417. The van der Waals surface area contributed by atoms with Crippen molar-refractivity contribution in [2.45, 2.75) is 26.3 Å². The maximum Gasteiger partial charge on any atom is 0.157 e. The summed E-state index contributed by atoms with van der Waals surface area (Å²) in [6, 6.07) is 4.58. The Morgan fingerprint density at radius 1 is 1.50 bits per heavy atom. The molecule has 0 atom stereocenters. The molecule has 2 aromatic rings. The summed E-state index contributed by atoms with van der Waals surface area (Å²) in [6.07, 6.45) is 4.68. The predicted octanol–water partition coefficient (Wildman–Crippen LogP) is 3.15. The molecule has 0 aromatic carbocycles. The summed E-state index contributed by atoms with van der Waals surface area (Å²) in [5, 5.41) is 6.32. The molecule has 0 saturated carbocycles. The molecule has 0 aliphatic rings. The lowest BCUT2D eigenvalue weighted by atomic mass is 10.4. The number of nitrogens with zero attached hydrogens (tertiary/aromatic N) is 2. The molecule has 0 aliphatic heterocycles. The second-order valence-corrected chi connectivity index (χ2v) is 4.96. The van der Waals surface area contributed by atoms with Crippen LogP contribution in [-0.2, 0) is 6.42 Å². The van der Waals surface area contributed by atoms with Crippen LogP contribution in [-0.4, -0.2) is 16.4 Å². The first-order valence-corrected chi connectivity index (χ1v) is 6.33. The van der Waals surface area contributed by atoms with Gasteiger partial charge in [0.05, 0.1) is 19.0 Å². The highest BCUT2D eigenvalue weighted by Crippen LogP contribution is 2.14. The van der Waals surface area contributed by atoms with Gasteiger partial charge in [-0.05, 0) is 25.3 Å². The number of ether oxygens (including phenoxy) is 1. The van der Waals surface area contributed by atoms with Gasteiger partial charge in [0.2, 0.25) is 0 Å². The van der Waals surface area contributed by atoms with Crippen molar-refractivity contribution < 1.29 is 4.74 Å². The van der Waals surface area contributed by atoms with Gasteiger partial charge < -0.3 is 4.74 Å². The molecule has 16 heavy (non-hydrogen) atoms. The van der Waals surface area contributed by atoms with E-state index in [0.717, 1.165) is 12.2 Å². The van der Waals surface area contributed by atoms with Crippen LogP contribution in [0.4, 0.5) is 0 Å². The van der Waals surface area contributed by atoms with Gasteiger partial charge in [-0.2, -0.15) is 5.10 Å². The summed E-state index contributed by atoms with van der Waals surface area (Å²) >= 11 is 1.77. The normalized spacial score (nSPS) is 10.9. The molecule has 4 heteroatoms. The molecule has 3 nitrogen and oxygen atoms in total. The molecular weight excluding hydrogens is 220 g/mol. The Kier molecular flexibility index (Phi) is 3.62. The van der Waals surface area contributed by atoms with Gasteiger partial charge in [-0.15, -0.1) is 11.3 Å². The van der Waals surface area contributed by atoms with E-state index in [-0.39, 0.29) is 0 Å². The molecule has 0 radical (unpaired) electrons. The average molecular weight is 236 g/mol. The molecule has 0 fully saturated rings. The molecule has 2 aromatic heterocycles. The van der Waals surface area contributed by atoms with E-state index in [1.807, 2.05) is 10.9 Å². The van der Waals surface area contributed by atoms with Crippen LogP contribution in [0.5, 0.6) is 5.75 Å². The Hall–Kier alpha value is -1.29. The third-order valence-corrected chi connectivity index (χ3v) is 3.24. The SMILES string of the molecule is CC(C)n1cc(OCCc2cccs2)cn1. The predicted molar refractivity (Wildman–Crippen MR) is 66.1 cm³/mol. The van der Waals surface area contributed by atoms with Crippen LogP contribution in [0.3, 0.4) is 0 Å². The zero-order valence-electron chi connectivity index (χ0n) is 9.59. The van der Waals surface area contributed by atoms with Gasteiger partial charge in [-0.1, -0.05) is 6.07 Å². The second kappa shape index (κ2) is 5.16. The van der Waals surface area contributed by atoms with Crippen molar-refractivity contribution >= 4 is 11.3 Å². The van der Waals surface area contributed by atoms with E-state index in [1.54, 1.807) is 17.5 Å². The smallest absolute Gasteiger partial charge is 0.157 e. The van der Waals surface area contributed by atoms with Crippen molar-refractivity contribution in [3.05, 3.63) is 34.8 Å². The largest absolute Gasteiger partial charge is 0.490 e. The van der Waals surface area contributed by atoms with E-state index in [9.17, 15) is 0 Å². The van der Waals surface area contributed by atoms with Crippen LogP contribution in [0.1, 0.15) is 24.8 Å². The first kappa shape index (κ1) is 11.2. The maximum atomic E-state index is 5.63. The third-order valence-electron chi connectivity index (χ3n) is 2.30. The highest BCUT2D eigenvalue weighted by Gasteiger charge is 2.02. The zero-order valence-corrected chi connectivity index (χ0v) is 10.4. The number of rotatable bonds is 5. The average Bonchev–Trinajstić information content (AvgIpc) is 2.87. The highest BCUT2D eigenvalue weighted by atomic mass is 32.1. The van der Waals surface area contributed by atoms with Crippen molar-refractivity contribution in [3.8, 4) is 5.75 Å². The Morgan fingerprint density at radius 2 is 2.38 bits per heavy atom. The van der Waals surface area contributed by atoms with Crippen LogP contribution >= 0.6 is 11.3 Å². The Labute approximate surface area is 99.7 Å². The third kappa shape index (κ3) is 2.85. The Balaban J connectivity index is 1.81. The lowest BCUT2D eigenvalue weighted by molar-refractivity contribution is 0.322. The van der Waals surface area contributed by atoms with E-state index in [0.29, 0.717) is 12.6 Å². The molecule has 0 unspecified atom stereocenters. The van der Waals surface area contributed by atoms with E-state index in [1.165, 1.54) is 4.88 Å². The van der Waals surface area contributed by atoms with Gasteiger partial charge in [0.1, 0.15) is 0 Å². The van der Waals surface area contributed by atoms with Crippen LogP contribution in [0.15, 0.2) is 29.9 Å². The summed E-state index contributed by atoms with van der Waals surface area (Å²) in [7, 11) is 0. The number of hydrogen-bond donors (Lipinski definition) is 0. The van der Waals surface area contributed by atoms with Crippen LogP contribution in [0.25, 0.3) is 0 Å². The first-order chi connectivity index (χ1) is 7.75. The molecule has 0 bridgehead atoms. The molecule has 2 rings (SSSR count). The van der Waals surface area contributed by atoms with E-state index in [4.69, 9.17) is 4.74 Å². The highest BCUT2D eigenvalue weighted by molar-refractivity contribution is 7.09. The second-order valence-electron chi connectivity index (χ2n) is 3.93. The fourth-order valence-corrected chi connectivity index (χ4v) is 2.09. The van der Waals surface area contributed by atoms with Gasteiger partial charge in [-0.25, -0.2) is 0 Å². The topological polar surface area (TPSA) is 27.1 Å². The van der Waals surface area contributed by atoms with E-state index < -0.39 is 0 Å². The van der Waals surface area contributed by atoms with Crippen molar-refractivity contribution in [2.24, 2.45) is 0 Å². The minimum Gasteiger partial charge on any atom is -0.490 e. The minimum atomic E-state index is 0.384. The van der Waals surface area contributed by atoms with Gasteiger partial charge >= 0.3 is 0 Å². The summed E-state index contributed by atoms with van der Waals surface area (Å²) < 4.78 is 7.54. The van der Waals surface area contributed by atoms with Crippen molar-refractivity contribution in [1.29, 1.82) is 0 Å². The molecule has 0 saturated heterocycles. The standard InChI is InChI=1S/C12H16N2OS/c1-10(2)14-9-11(8-13-14)15-6-5-12-4-3-7-16-12/h3-4,7-10H,5-6H2,1-2H3. The molecular formula is C12H16N2OS. The van der Waals surface area contributed by atoms with Gasteiger partial charge in [0, 0.05) is 17.3 Å². The Bertz CT molecular complexity index is 420. The monoisotopic (exact) mass is 236 g/mol. The molecule has 0 N–H and O–H groups in total. The molecule has 2 heterocycles. The van der Waals surface area contributed by atoms with Crippen molar-refractivity contribution in [3.63, 3.8) is 0 Å².